The number of hydrogen-bond donors (Lipinski definition) is 2. The van der Waals surface area contributed by atoms with Gasteiger partial charge in [-0.1, -0.05) is 24.3 Å². The van der Waals surface area contributed by atoms with Gasteiger partial charge in [0.2, 0.25) is 5.95 Å². The molecule has 1 fully saturated rings. The van der Waals surface area contributed by atoms with Gasteiger partial charge in [-0.15, -0.1) is 0 Å². The van der Waals surface area contributed by atoms with Crippen molar-refractivity contribution in [3.63, 3.8) is 0 Å². The van der Waals surface area contributed by atoms with Crippen molar-refractivity contribution in [3.8, 4) is 22.3 Å². The number of benzene rings is 2. The van der Waals surface area contributed by atoms with Gasteiger partial charge in [0.15, 0.2) is 0 Å². The van der Waals surface area contributed by atoms with E-state index in [0.717, 1.165) is 62.3 Å². The van der Waals surface area contributed by atoms with Crippen molar-refractivity contribution in [1.82, 2.24) is 15.2 Å². The Hall–Kier alpha value is -3.33. The molecule has 2 aliphatic rings. The second-order valence-corrected chi connectivity index (χ2v) is 10.2. The first-order chi connectivity index (χ1) is 18.4. The van der Waals surface area contributed by atoms with E-state index in [9.17, 15) is 4.79 Å². The van der Waals surface area contributed by atoms with Crippen LogP contribution in [-0.4, -0.2) is 62.9 Å². The number of ether oxygens (including phenoxy) is 2. The van der Waals surface area contributed by atoms with E-state index in [1.807, 2.05) is 18.2 Å². The number of rotatable bonds is 8. The van der Waals surface area contributed by atoms with Crippen molar-refractivity contribution in [1.29, 1.82) is 0 Å². The van der Waals surface area contributed by atoms with Crippen LogP contribution in [0.1, 0.15) is 45.8 Å². The van der Waals surface area contributed by atoms with Gasteiger partial charge in [-0.25, -0.2) is 4.98 Å². The van der Waals surface area contributed by atoms with Crippen LogP contribution in [0.2, 0.25) is 0 Å². The van der Waals surface area contributed by atoms with Gasteiger partial charge in [-0.3, -0.25) is 9.69 Å². The molecule has 0 aliphatic carbocycles. The van der Waals surface area contributed by atoms with Gasteiger partial charge in [-0.05, 0) is 78.2 Å². The van der Waals surface area contributed by atoms with E-state index in [1.165, 1.54) is 11.1 Å². The van der Waals surface area contributed by atoms with Crippen molar-refractivity contribution in [2.75, 3.05) is 52.8 Å². The first-order valence-corrected chi connectivity index (χ1v) is 13.2. The van der Waals surface area contributed by atoms with E-state index >= 15 is 4.39 Å². The predicted octanol–water partition coefficient (Wildman–Crippen LogP) is 4.40. The van der Waals surface area contributed by atoms with Crippen LogP contribution in [0.5, 0.6) is 0 Å². The zero-order valence-corrected chi connectivity index (χ0v) is 22.1. The lowest BCUT2D eigenvalue weighted by molar-refractivity contribution is 0.0849. The molecule has 8 heteroatoms. The monoisotopic (exact) mass is 518 g/mol. The van der Waals surface area contributed by atoms with Crippen LogP contribution in [-0.2, 0) is 22.4 Å². The van der Waals surface area contributed by atoms with E-state index in [2.05, 4.69) is 34.4 Å². The van der Waals surface area contributed by atoms with E-state index in [4.69, 9.17) is 15.2 Å². The summed E-state index contributed by atoms with van der Waals surface area (Å²) in [5.41, 5.74) is 12.9. The Morgan fingerprint density at radius 3 is 2.66 bits per heavy atom. The maximum absolute atomic E-state index is 15.3. The zero-order valence-electron chi connectivity index (χ0n) is 22.1. The average Bonchev–Trinajstić information content (AvgIpc) is 2.92. The van der Waals surface area contributed by atoms with Crippen LogP contribution in [0, 0.1) is 5.95 Å². The molecule has 1 amide bonds. The summed E-state index contributed by atoms with van der Waals surface area (Å²) in [5.74, 6) is -0.122. The van der Waals surface area contributed by atoms with E-state index in [0.29, 0.717) is 35.8 Å². The molecule has 3 heterocycles. The highest BCUT2D eigenvalue weighted by atomic mass is 19.1. The van der Waals surface area contributed by atoms with Crippen molar-refractivity contribution >= 4 is 11.7 Å². The molecular formula is C30H35FN4O3. The minimum absolute atomic E-state index is 0.0729. The maximum Gasteiger partial charge on any atom is 0.251 e. The first-order valence-electron chi connectivity index (χ1n) is 13.2. The molecule has 1 saturated heterocycles. The number of anilines is 1. The first kappa shape index (κ1) is 26.3. The third kappa shape index (κ3) is 5.57. The molecule has 7 nitrogen and oxygen atoms in total. The normalized spacial score (nSPS) is 15.9. The van der Waals surface area contributed by atoms with E-state index in [-0.39, 0.29) is 11.7 Å². The fraction of sp³-hybridized carbons (Fsp3) is 0.400. The summed E-state index contributed by atoms with van der Waals surface area (Å²) in [6.07, 6.45) is 2.70. The van der Waals surface area contributed by atoms with Gasteiger partial charge in [0.1, 0.15) is 5.82 Å². The van der Waals surface area contributed by atoms with Gasteiger partial charge in [-0.2, -0.15) is 4.39 Å². The van der Waals surface area contributed by atoms with Crippen LogP contribution < -0.4 is 11.1 Å². The van der Waals surface area contributed by atoms with Crippen molar-refractivity contribution in [2.24, 2.45) is 0 Å². The zero-order chi connectivity index (χ0) is 26.6. The molecule has 0 bridgehead atoms. The fourth-order valence-corrected chi connectivity index (χ4v) is 5.47. The standard InChI is InChI=1S/C30H35FN4O3/c1-35(11-14-37-2)18-23-16-20(3-5-24(23)19-8-12-38-13-9-19)26-17-27(29(32)34-28(26)31)21-4-6-25-22(15-21)7-10-33-30(25)36/h3-6,15-17,19H,7-14,18H2,1-2H3,(H2,32,34)(H,33,36). The topological polar surface area (TPSA) is 89.7 Å². The number of nitrogens with zero attached hydrogens (tertiary/aromatic N) is 2. The molecule has 1 aromatic heterocycles. The molecule has 0 saturated carbocycles. The van der Waals surface area contributed by atoms with Crippen molar-refractivity contribution in [3.05, 3.63) is 70.7 Å². The highest BCUT2D eigenvalue weighted by Crippen LogP contribution is 2.36. The molecule has 38 heavy (non-hydrogen) atoms. The Balaban J connectivity index is 1.53. The molecule has 0 atom stereocenters. The Morgan fingerprint density at radius 1 is 1.11 bits per heavy atom. The number of carbonyl (C=O) groups excluding carboxylic acids is 1. The van der Waals surface area contributed by atoms with Crippen LogP contribution >= 0.6 is 0 Å². The largest absolute Gasteiger partial charge is 0.383 e. The molecule has 3 N–H and O–H groups in total. The number of nitrogens with one attached hydrogen (secondary N) is 1. The number of nitrogen functional groups attached to an aromatic ring is 1. The quantitative estimate of drug-likeness (QED) is 0.430. The fourth-order valence-electron chi connectivity index (χ4n) is 5.47. The van der Waals surface area contributed by atoms with Gasteiger partial charge in [0, 0.05) is 56.6 Å². The minimum atomic E-state index is -0.596. The minimum Gasteiger partial charge on any atom is -0.383 e. The Bertz CT molecular complexity index is 1320. The van der Waals surface area contributed by atoms with Gasteiger partial charge < -0.3 is 20.5 Å². The van der Waals surface area contributed by atoms with Gasteiger partial charge in [0.25, 0.3) is 5.91 Å². The number of nitrogens with two attached hydrogens (primary N) is 1. The smallest absolute Gasteiger partial charge is 0.251 e. The number of carbonyl (C=O) groups is 1. The molecule has 2 aliphatic heterocycles. The summed E-state index contributed by atoms with van der Waals surface area (Å²) in [5, 5.41) is 2.86. The number of halogens is 1. The van der Waals surface area contributed by atoms with Gasteiger partial charge in [0.05, 0.1) is 6.61 Å². The molecule has 5 rings (SSSR count). The number of fused-ring (bicyclic) bond motifs is 1. The lowest BCUT2D eigenvalue weighted by atomic mass is 9.86. The molecule has 2 aromatic carbocycles. The lowest BCUT2D eigenvalue weighted by Gasteiger charge is -2.27. The highest BCUT2D eigenvalue weighted by Gasteiger charge is 2.22. The summed E-state index contributed by atoms with van der Waals surface area (Å²) < 4.78 is 26.1. The van der Waals surface area contributed by atoms with Crippen LogP contribution in [0.4, 0.5) is 10.2 Å². The summed E-state index contributed by atoms with van der Waals surface area (Å²) in [7, 11) is 3.77. The second kappa shape index (κ2) is 11.6. The number of methoxy groups -OCH3 is 1. The number of aromatic nitrogens is 1. The number of hydrogen-bond acceptors (Lipinski definition) is 6. The Labute approximate surface area is 223 Å². The second-order valence-electron chi connectivity index (χ2n) is 10.2. The highest BCUT2D eigenvalue weighted by molar-refractivity contribution is 5.97. The van der Waals surface area contributed by atoms with Crippen molar-refractivity contribution < 1.29 is 18.7 Å². The molecule has 3 aromatic rings. The number of amides is 1. The maximum atomic E-state index is 15.3. The van der Waals surface area contributed by atoms with Crippen LogP contribution in [0.3, 0.4) is 0 Å². The third-order valence-corrected chi connectivity index (χ3v) is 7.58. The molecule has 0 spiro atoms. The Kier molecular flexibility index (Phi) is 8.02. The predicted molar refractivity (Wildman–Crippen MR) is 147 cm³/mol. The SMILES string of the molecule is COCCN(C)Cc1cc(-c2cc(-c3ccc4c(c3)CCNC4=O)c(N)nc2F)ccc1C1CCOCC1. The Morgan fingerprint density at radius 2 is 1.87 bits per heavy atom. The molecule has 200 valence electrons. The van der Waals surface area contributed by atoms with Gasteiger partial charge >= 0.3 is 0 Å². The number of likely N-dealkylation sites (N-methyl/N-ethyl adjacent to an activating group) is 1. The molecule has 0 radical (unpaired) electrons. The van der Waals surface area contributed by atoms with Crippen molar-refractivity contribution in [2.45, 2.75) is 31.7 Å². The lowest BCUT2D eigenvalue weighted by Crippen LogP contribution is -2.31. The average molecular weight is 519 g/mol. The summed E-state index contributed by atoms with van der Waals surface area (Å²) in [6, 6.07) is 13.6. The van der Waals surface area contributed by atoms with Crippen LogP contribution in [0.25, 0.3) is 22.3 Å². The number of pyridine rings is 1. The summed E-state index contributed by atoms with van der Waals surface area (Å²) in [6.45, 7) is 4.28. The molecular weight excluding hydrogens is 483 g/mol. The summed E-state index contributed by atoms with van der Waals surface area (Å²) in [4.78, 5) is 18.5. The molecule has 0 unspecified atom stereocenters. The van der Waals surface area contributed by atoms with Crippen LogP contribution in [0.15, 0.2) is 42.5 Å². The summed E-state index contributed by atoms with van der Waals surface area (Å²) >= 11 is 0. The third-order valence-electron chi connectivity index (χ3n) is 7.58. The van der Waals surface area contributed by atoms with E-state index in [1.54, 1.807) is 19.2 Å². The van der Waals surface area contributed by atoms with E-state index < -0.39 is 5.95 Å².